The second kappa shape index (κ2) is 6.82. The van der Waals surface area contributed by atoms with E-state index in [4.69, 9.17) is 0 Å². The minimum Gasteiger partial charge on any atom is -0.372 e. The molecule has 21 heavy (non-hydrogen) atoms. The first-order valence-corrected chi connectivity index (χ1v) is 9.32. The van der Waals surface area contributed by atoms with Crippen molar-refractivity contribution in [2.45, 2.75) is 24.8 Å². The smallest absolute Gasteiger partial charge is 0.244 e. The van der Waals surface area contributed by atoms with Crippen LogP contribution < -0.4 is 10.0 Å². The average molecular weight is 391 g/mol. The number of sulfonamides is 1. The molecule has 2 aromatic heterocycles. The minimum absolute atomic E-state index is 0.103. The van der Waals surface area contributed by atoms with Crippen LogP contribution in [0, 0.1) is 0 Å². The summed E-state index contributed by atoms with van der Waals surface area (Å²) in [6.07, 6.45) is 4.21. The molecule has 0 saturated heterocycles. The molecule has 0 saturated carbocycles. The lowest BCUT2D eigenvalue weighted by atomic mass is 10.4. The largest absolute Gasteiger partial charge is 0.372 e. The van der Waals surface area contributed by atoms with Gasteiger partial charge in [0.25, 0.3) is 0 Å². The van der Waals surface area contributed by atoms with Crippen LogP contribution in [0.15, 0.2) is 27.8 Å². The van der Waals surface area contributed by atoms with E-state index in [9.17, 15) is 8.42 Å². The molecule has 0 aromatic carbocycles. The highest BCUT2D eigenvalue weighted by atomic mass is 79.9. The zero-order chi connectivity index (χ0) is 15.5. The van der Waals surface area contributed by atoms with E-state index in [2.05, 4.69) is 35.9 Å². The maximum absolute atomic E-state index is 12.4. The number of halogens is 1. The molecular weight excluding hydrogens is 376 g/mol. The van der Waals surface area contributed by atoms with Gasteiger partial charge in [-0.3, -0.25) is 0 Å². The molecule has 2 rings (SSSR count). The van der Waals surface area contributed by atoms with E-state index in [-0.39, 0.29) is 11.4 Å². The average Bonchev–Trinajstić information content (AvgIpc) is 2.93. The first kappa shape index (κ1) is 16.3. The Kier molecular flexibility index (Phi) is 5.31. The number of thiazole rings is 1. The maximum atomic E-state index is 12.4. The van der Waals surface area contributed by atoms with Crippen molar-refractivity contribution in [3.63, 3.8) is 0 Å². The van der Waals surface area contributed by atoms with Crippen molar-refractivity contribution in [2.75, 3.05) is 12.4 Å². The van der Waals surface area contributed by atoms with Crippen LogP contribution in [0.4, 0.5) is 5.82 Å². The van der Waals surface area contributed by atoms with Crippen LogP contribution in [0.5, 0.6) is 0 Å². The lowest BCUT2D eigenvalue weighted by Gasteiger charge is -2.10. The van der Waals surface area contributed by atoms with Gasteiger partial charge < -0.3 is 5.32 Å². The Bertz CT molecular complexity index is 731. The molecule has 0 atom stereocenters. The monoisotopic (exact) mass is 390 g/mol. The summed E-state index contributed by atoms with van der Waals surface area (Å²) in [5.74, 6) is 0.305. The Labute approximate surface area is 136 Å². The molecule has 0 fully saturated rings. The number of hydrogen-bond acceptors (Lipinski definition) is 6. The summed E-state index contributed by atoms with van der Waals surface area (Å²) >= 11 is 4.74. The van der Waals surface area contributed by atoms with E-state index >= 15 is 0 Å². The van der Waals surface area contributed by atoms with Crippen molar-refractivity contribution in [1.29, 1.82) is 0 Å². The van der Waals surface area contributed by atoms with Crippen LogP contribution in [0.1, 0.15) is 16.8 Å². The first-order valence-electron chi connectivity index (χ1n) is 6.22. The van der Waals surface area contributed by atoms with Crippen LogP contribution in [-0.2, 0) is 23.0 Å². The number of nitrogens with one attached hydrogen (secondary N) is 2. The molecule has 0 bridgehead atoms. The number of rotatable bonds is 6. The minimum atomic E-state index is -3.66. The summed E-state index contributed by atoms with van der Waals surface area (Å²) in [5.41, 5.74) is 0. The number of pyridine rings is 1. The van der Waals surface area contributed by atoms with E-state index in [0.717, 1.165) is 16.3 Å². The predicted molar refractivity (Wildman–Crippen MR) is 87.0 cm³/mol. The van der Waals surface area contributed by atoms with Gasteiger partial charge >= 0.3 is 0 Å². The van der Waals surface area contributed by atoms with Gasteiger partial charge in [0.1, 0.15) is 15.7 Å². The van der Waals surface area contributed by atoms with E-state index < -0.39 is 10.0 Å². The van der Waals surface area contributed by atoms with Gasteiger partial charge in [0, 0.05) is 28.8 Å². The van der Waals surface area contributed by atoms with Gasteiger partial charge in [-0.05, 0) is 28.4 Å². The second-order valence-corrected chi connectivity index (χ2v) is 8.00. The van der Waals surface area contributed by atoms with Crippen molar-refractivity contribution < 1.29 is 8.42 Å². The van der Waals surface area contributed by atoms with Crippen LogP contribution in [-0.4, -0.2) is 25.4 Å². The fourth-order valence-electron chi connectivity index (χ4n) is 1.64. The molecule has 0 aliphatic carbocycles. The Morgan fingerprint density at radius 1 is 1.33 bits per heavy atom. The SMILES string of the molecule is CCc1cnc(CNS(=O)(=O)c2cc(Br)cnc2NC)s1. The first-order chi connectivity index (χ1) is 9.96. The van der Waals surface area contributed by atoms with Crippen molar-refractivity contribution >= 4 is 43.1 Å². The molecule has 114 valence electrons. The quantitative estimate of drug-likeness (QED) is 0.790. The zero-order valence-corrected chi connectivity index (χ0v) is 14.8. The standard InChI is InChI=1S/C12H15BrN4O2S2/c1-3-9-6-15-11(20-9)7-17-21(18,19)10-4-8(13)5-16-12(10)14-2/h4-6,17H,3,7H2,1-2H3,(H,14,16). The highest BCUT2D eigenvalue weighted by Crippen LogP contribution is 2.23. The van der Waals surface area contributed by atoms with Gasteiger partial charge in [-0.2, -0.15) is 0 Å². The molecular formula is C12H15BrN4O2S2. The molecule has 0 aliphatic heterocycles. The second-order valence-electron chi connectivity index (χ2n) is 4.15. The zero-order valence-electron chi connectivity index (χ0n) is 11.6. The van der Waals surface area contributed by atoms with E-state index in [0.29, 0.717) is 10.3 Å². The fourth-order valence-corrected chi connectivity index (χ4v) is 4.19. The summed E-state index contributed by atoms with van der Waals surface area (Å²) in [6.45, 7) is 2.20. The summed E-state index contributed by atoms with van der Waals surface area (Å²) in [4.78, 5) is 9.47. The predicted octanol–water partition coefficient (Wildman–Crippen LogP) is 2.38. The summed E-state index contributed by atoms with van der Waals surface area (Å²) in [6, 6.07) is 1.51. The number of anilines is 1. The van der Waals surface area contributed by atoms with Crippen molar-refractivity contribution in [1.82, 2.24) is 14.7 Å². The fraction of sp³-hybridized carbons (Fsp3) is 0.333. The number of aryl methyl sites for hydroxylation is 1. The van der Waals surface area contributed by atoms with Crippen LogP contribution >= 0.6 is 27.3 Å². The lowest BCUT2D eigenvalue weighted by Crippen LogP contribution is -2.24. The molecule has 0 aliphatic rings. The summed E-state index contributed by atoms with van der Waals surface area (Å²) in [7, 11) is -2.03. The maximum Gasteiger partial charge on any atom is 0.244 e. The summed E-state index contributed by atoms with van der Waals surface area (Å²) in [5, 5.41) is 3.52. The van der Waals surface area contributed by atoms with Gasteiger partial charge in [0.05, 0.1) is 6.54 Å². The molecule has 2 heterocycles. The van der Waals surface area contributed by atoms with Gasteiger partial charge in [-0.1, -0.05) is 6.92 Å². The Balaban J connectivity index is 2.20. The molecule has 6 nitrogen and oxygen atoms in total. The van der Waals surface area contributed by atoms with E-state index in [1.54, 1.807) is 19.4 Å². The Morgan fingerprint density at radius 3 is 2.71 bits per heavy atom. The molecule has 2 N–H and O–H groups in total. The highest BCUT2D eigenvalue weighted by molar-refractivity contribution is 9.10. The van der Waals surface area contributed by atoms with Gasteiger partial charge in [-0.25, -0.2) is 23.1 Å². The summed E-state index contributed by atoms with van der Waals surface area (Å²) < 4.78 is 27.9. The number of aromatic nitrogens is 2. The van der Waals surface area contributed by atoms with Crippen LogP contribution in [0.25, 0.3) is 0 Å². The topological polar surface area (TPSA) is 84.0 Å². The Morgan fingerprint density at radius 2 is 2.10 bits per heavy atom. The normalized spacial score (nSPS) is 11.6. The molecule has 9 heteroatoms. The number of hydrogen-bond donors (Lipinski definition) is 2. The van der Waals surface area contributed by atoms with Crippen molar-refractivity contribution in [2.24, 2.45) is 0 Å². The molecule has 0 amide bonds. The van der Waals surface area contributed by atoms with Crippen molar-refractivity contribution in [3.8, 4) is 0 Å². The van der Waals surface area contributed by atoms with Crippen LogP contribution in [0.2, 0.25) is 0 Å². The van der Waals surface area contributed by atoms with Crippen LogP contribution in [0.3, 0.4) is 0 Å². The number of nitrogens with zero attached hydrogens (tertiary/aromatic N) is 2. The molecule has 2 aromatic rings. The van der Waals surface area contributed by atoms with Gasteiger partial charge in [0.2, 0.25) is 10.0 Å². The van der Waals surface area contributed by atoms with Gasteiger partial charge in [0.15, 0.2) is 0 Å². The molecule has 0 unspecified atom stereocenters. The Hall–Kier alpha value is -1.03. The van der Waals surface area contributed by atoms with E-state index in [1.807, 2.05) is 6.92 Å². The lowest BCUT2D eigenvalue weighted by molar-refractivity contribution is 0.581. The van der Waals surface area contributed by atoms with Gasteiger partial charge in [-0.15, -0.1) is 11.3 Å². The molecule has 0 spiro atoms. The van der Waals surface area contributed by atoms with E-state index in [1.165, 1.54) is 17.4 Å². The highest BCUT2D eigenvalue weighted by Gasteiger charge is 2.20. The van der Waals surface area contributed by atoms with Crippen molar-refractivity contribution in [3.05, 3.63) is 32.8 Å². The third kappa shape index (κ3) is 4.00. The molecule has 0 radical (unpaired) electrons. The third-order valence-electron chi connectivity index (χ3n) is 2.71. The third-order valence-corrected chi connectivity index (χ3v) is 5.70.